The molecule has 0 saturated heterocycles. The van der Waals surface area contributed by atoms with Crippen LogP contribution in [0.3, 0.4) is 0 Å². The summed E-state index contributed by atoms with van der Waals surface area (Å²) < 4.78 is 0. The molecule has 2 aromatic rings. The van der Waals surface area contributed by atoms with Crippen molar-refractivity contribution in [2.24, 2.45) is 0 Å². The van der Waals surface area contributed by atoms with E-state index in [2.05, 4.69) is 20.1 Å². The fourth-order valence-electron chi connectivity index (χ4n) is 3.83. The average molecular weight is 313 g/mol. The van der Waals surface area contributed by atoms with Crippen LogP contribution in [0.15, 0.2) is 17.2 Å². The smallest absolute Gasteiger partial charge is 0.255 e. The van der Waals surface area contributed by atoms with Gasteiger partial charge in [0.2, 0.25) is 0 Å². The average Bonchev–Trinajstić information content (AvgIpc) is 3.09. The Labute approximate surface area is 135 Å². The number of fused-ring (bicyclic) bond motifs is 1. The first-order valence-corrected chi connectivity index (χ1v) is 8.61. The minimum atomic E-state index is 0.0625. The Balaban J connectivity index is 1.54. The Morgan fingerprint density at radius 1 is 1.26 bits per heavy atom. The van der Waals surface area contributed by atoms with E-state index in [1.54, 1.807) is 0 Å². The van der Waals surface area contributed by atoms with Gasteiger partial charge in [-0.05, 0) is 12.8 Å². The Kier molecular flexibility index (Phi) is 3.99. The van der Waals surface area contributed by atoms with Crippen molar-refractivity contribution in [1.82, 2.24) is 25.1 Å². The lowest BCUT2D eigenvalue weighted by Crippen LogP contribution is -2.36. The third-order valence-electron chi connectivity index (χ3n) is 5.12. The van der Waals surface area contributed by atoms with Crippen LogP contribution >= 0.6 is 0 Å². The maximum atomic E-state index is 12.5. The van der Waals surface area contributed by atoms with Crippen LogP contribution in [-0.4, -0.2) is 31.6 Å². The number of rotatable bonds is 3. The molecule has 122 valence electrons. The second-order valence-corrected chi connectivity index (χ2v) is 6.78. The Hall–Kier alpha value is -1.95. The minimum Gasteiger partial charge on any atom is -0.310 e. The predicted octanol–water partition coefficient (Wildman–Crippen LogP) is 2.10. The molecule has 6 heteroatoms. The van der Waals surface area contributed by atoms with Gasteiger partial charge in [-0.2, -0.15) is 5.10 Å². The molecule has 2 aromatic heterocycles. The zero-order chi connectivity index (χ0) is 15.6. The largest absolute Gasteiger partial charge is 0.310 e. The van der Waals surface area contributed by atoms with E-state index in [4.69, 9.17) is 4.98 Å². The molecule has 1 aliphatic heterocycles. The molecule has 6 nitrogen and oxygen atoms in total. The lowest BCUT2D eigenvalue weighted by atomic mass is 9.88. The number of hydrogen-bond donors (Lipinski definition) is 2. The molecular weight excluding hydrogens is 290 g/mol. The van der Waals surface area contributed by atoms with E-state index in [9.17, 15) is 4.79 Å². The van der Waals surface area contributed by atoms with Crippen molar-refractivity contribution in [3.05, 3.63) is 45.4 Å². The molecule has 0 aromatic carbocycles. The molecule has 0 spiro atoms. The van der Waals surface area contributed by atoms with Crippen LogP contribution in [0.5, 0.6) is 0 Å². The molecule has 4 rings (SSSR count). The van der Waals surface area contributed by atoms with Gasteiger partial charge in [-0.25, -0.2) is 4.98 Å². The molecule has 0 amide bonds. The quantitative estimate of drug-likeness (QED) is 0.909. The Morgan fingerprint density at radius 2 is 2.13 bits per heavy atom. The van der Waals surface area contributed by atoms with E-state index >= 15 is 0 Å². The van der Waals surface area contributed by atoms with Crippen LogP contribution in [0.1, 0.15) is 60.7 Å². The second-order valence-electron chi connectivity index (χ2n) is 6.78. The van der Waals surface area contributed by atoms with Gasteiger partial charge in [0.15, 0.2) is 0 Å². The lowest BCUT2D eigenvalue weighted by molar-refractivity contribution is 0.241. The first-order chi connectivity index (χ1) is 11.3. The summed E-state index contributed by atoms with van der Waals surface area (Å²) in [7, 11) is 0. The van der Waals surface area contributed by atoms with Gasteiger partial charge in [-0.1, -0.05) is 19.3 Å². The molecule has 1 fully saturated rings. The summed E-state index contributed by atoms with van der Waals surface area (Å²) in [5.41, 5.74) is 3.07. The Morgan fingerprint density at radius 3 is 2.91 bits per heavy atom. The summed E-state index contributed by atoms with van der Waals surface area (Å²) in [6, 6.07) is 0. The third-order valence-corrected chi connectivity index (χ3v) is 5.12. The van der Waals surface area contributed by atoms with E-state index in [1.807, 2.05) is 12.4 Å². The number of nitrogens with zero attached hydrogens (tertiary/aromatic N) is 3. The summed E-state index contributed by atoms with van der Waals surface area (Å²) in [5.74, 6) is 1.38. The molecule has 1 aliphatic carbocycles. The molecule has 0 atom stereocenters. The summed E-state index contributed by atoms with van der Waals surface area (Å²) in [5, 5.41) is 6.82. The fourth-order valence-corrected chi connectivity index (χ4v) is 3.83. The zero-order valence-corrected chi connectivity index (χ0v) is 13.3. The monoisotopic (exact) mass is 313 g/mol. The molecule has 0 bridgehead atoms. The number of aromatic amines is 2. The second kappa shape index (κ2) is 6.28. The van der Waals surface area contributed by atoms with E-state index in [1.165, 1.54) is 19.3 Å². The fraction of sp³-hybridized carbons (Fsp3) is 0.588. The highest BCUT2D eigenvalue weighted by atomic mass is 16.1. The van der Waals surface area contributed by atoms with E-state index in [0.717, 1.165) is 55.0 Å². The van der Waals surface area contributed by atoms with E-state index in [-0.39, 0.29) is 5.56 Å². The first-order valence-electron chi connectivity index (χ1n) is 8.61. The predicted molar refractivity (Wildman–Crippen MR) is 87.1 cm³/mol. The van der Waals surface area contributed by atoms with Gasteiger partial charge in [0, 0.05) is 43.7 Å². The van der Waals surface area contributed by atoms with Gasteiger partial charge in [0.05, 0.1) is 17.5 Å². The van der Waals surface area contributed by atoms with Crippen molar-refractivity contribution in [2.75, 3.05) is 6.54 Å². The summed E-state index contributed by atoms with van der Waals surface area (Å²) in [6.07, 6.45) is 10.7. The lowest BCUT2D eigenvalue weighted by Gasteiger charge is -2.28. The summed E-state index contributed by atoms with van der Waals surface area (Å²) in [4.78, 5) is 22.7. The van der Waals surface area contributed by atoms with Crippen molar-refractivity contribution in [2.45, 2.75) is 57.5 Å². The number of nitrogens with one attached hydrogen (secondary N) is 2. The molecule has 23 heavy (non-hydrogen) atoms. The van der Waals surface area contributed by atoms with Crippen molar-refractivity contribution >= 4 is 0 Å². The zero-order valence-electron chi connectivity index (χ0n) is 13.3. The van der Waals surface area contributed by atoms with Crippen molar-refractivity contribution in [3.8, 4) is 0 Å². The number of aromatic nitrogens is 4. The molecule has 0 radical (unpaired) electrons. The van der Waals surface area contributed by atoms with Crippen LogP contribution in [0.2, 0.25) is 0 Å². The van der Waals surface area contributed by atoms with Crippen molar-refractivity contribution < 1.29 is 0 Å². The first kappa shape index (κ1) is 14.6. The molecule has 1 saturated carbocycles. The third kappa shape index (κ3) is 3.08. The number of H-pyrrole nitrogens is 2. The van der Waals surface area contributed by atoms with E-state index in [0.29, 0.717) is 12.5 Å². The van der Waals surface area contributed by atoms with Gasteiger partial charge in [-0.3, -0.25) is 14.8 Å². The van der Waals surface area contributed by atoms with Gasteiger partial charge in [0.1, 0.15) is 5.82 Å². The van der Waals surface area contributed by atoms with Gasteiger partial charge in [-0.15, -0.1) is 0 Å². The van der Waals surface area contributed by atoms with Crippen LogP contribution in [0, 0.1) is 0 Å². The maximum absolute atomic E-state index is 12.5. The normalized spacial score (nSPS) is 19.7. The highest BCUT2D eigenvalue weighted by Crippen LogP contribution is 2.30. The molecule has 0 unspecified atom stereocenters. The molecule has 3 heterocycles. The number of hydrogen-bond acceptors (Lipinski definition) is 4. The Bertz CT molecular complexity index is 715. The van der Waals surface area contributed by atoms with Gasteiger partial charge >= 0.3 is 0 Å². The van der Waals surface area contributed by atoms with Crippen molar-refractivity contribution in [3.63, 3.8) is 0 Å². The van der Waals surface area contributed by atoms with Gasteiger partial charge in [0.25, 0.3) is 5.56 Å². The van der Waals surface area contributed by atoms with Gasteiger partial charge < -0.3 is 4.98 Å². The maximum Gasteiger partial charge on any atom is 0.255 e. The van der Waals surface area contributed by atoms with Crippen LogP contribution in [-0.2, 0) is 19.5 Å². The van der Waals surface area contributed by atoms with Crippen molar-refractivity contribution in [1.29, 1.82) is 0 Å². The highest BCUT2D eigenvalue weighted by Gasteiger charge is 2.24. The molecule has 2 aliphatic rings. The van der Waals surface area contributed by atoms with Crippen LogP contribution in [0.25, 0.3) is 0 Å². The SMILES string of the molecule is O=c1[nH]c(C2CCCCC2)nc2c1CN(Cc1cn[nH]c1)CC2. The minimum absolute atomic E-state index is 0.0625. The topological polar surface area (TPSA) is 77.7 Å². The van der Waals surface area contributed by atoms with Crippen LogP contribution in [0.4, 0.5) is 0 Å². The standard InChI is InChI=1S/C17H23N5O/c23-17-14-11-22(10-12-8-18-19-9-12)7-6-15(14)20-16(21-17)13-4-2-1-3-5-13/h8-9,13H,1-7,10-11H2,(H,18,19)(H,20,21,23). The molecule has 2 N–H and O–H groups in total. The van der Waals surface area contributed by atoms with Crippen LogP contribution < -0.4 is 5.56 Å². The van der Waals surface area contributed by atoms with E-state index < -0.39 is 0 Å². The highest BCUT2D eigenvalue weighted by molar-refractivity contribution is 5.22. The summed E-state index contributed by atoms with van der Waals surface area (Å²) in [6.45, 7) is 2.44. The summed E-state index contributed by atoms with van der Waals surface area (Å²) >= 11 is 0. The molecular formula is C17H23N5O.